The number of nitro groups is 1. The summed E-state index contributed by atoms with van der Waals surface area (Å²) in [6.07, 6.45) is 5.51. The number of rotatable bonds is 5. The lowest BCUT2D eigenvalue weighted by molar-refractivity contribution is -0.386. The summed E-state index contributed by atoms with van der Waals surface area (Å²) < 4.78 is 16.6. The lowest BCUT2D eigenvalue weighted by atomic mass is 10.1. The van der Waals surface area contributed by atoms with Crippen LogP contribution in [0.1, 0.15) is 24.2 Å². The monoisotopic (exact) mass is 359 g/mol. The van der Waals surface area contributed by atoms with Crippen LogP contribution >= 0.6 is 0 Å². The molecule has 10 nitrogen and oxygen atoms in total. The third-order valence-electron chi connectivity index (χ3n) is 3.83. The van der Waals surface area contributed by atoms with Gasteiger partial charge in [0.05, 0.1) is 22.7 Å². The number of nitrogens with zero attached hydrogens (tertiary/aromatic N) is 2. The van der Waals surface area contributed by atoms with Crippen LogP contribution < -0.4 is 20.7 Å². The number of aromatic nitrogens is 2. The van der Waals surface area contributed by atoms with Gasteiger partial charge in [-0.2, -0.15) is 0 Å². The van der Waals surface area contributed by atoms with Crippen molar-refractivity contribution in [3.05, 3.63) is 60.4 Å². The van der Waals surface area contributed by atoms with Crippen LogP contribution in [0.15, 0.2) is 27.9 Å². The first kappa shape index (κ1) is 17.2. The van der Waals surface area contributed by atoms with Gasteiger partial charge in [0.2, 0.25) is 6.79 Å². The molecular formula is C16H13N3O7. The Labute approximate surface area is 146 Å². The number of hydrogen-bond acceptors (Lipinski definition) is 7. The van der Waals surface area contributed by atoms with Gasteiger partial charge in [-0.15, -0.1) is 6.42 Å². The van der Waals surface area contributed by atoms with E-state index in [1.807, 2.05) is 0 Å². The molecule has 0 radical (unpaired) electrons. The summed E-state index contributed by atoms with van der Waals surface area (Å²) in [5, 5.41) is 11.3. The van der Waals surface area contributed by atoms with Gasteiger partial charge >= 0.3 is 5.69 Å². The van der Waals surface area contributed by atoms with Gasteiger partial charge in [-0.1, -0.05) is 5.92 Å². The molecule has 3 rings (SSSR count). The molecule has 10 heteroatoms. The maximum atomic E-state index is 12.1. The topological polar surface area (TPSA) is 126 Å². The Morgan fingerprint density at radius 2 is 2.12 bits per heavy atom. The fourth-order valence-electron chi connectivity index (χ4n) is 2.44. The Morgan fingerprint density at radius 3 is 2.77 bits per heavy atom. The molecule has 2 heterocycles. The first-order valence-electron chi connectivity index (χ1n) is 7.41. The highest BCUT2D eigenvalue weighted by molar-refractivity contribution is 5.55. The normalized spacial score (nSPS) is 13.2. The van der Waals surface area contributed by atoms with Crippen molar-refractivity contribution >= 4 is 5.69 Å². The number of hydrogen-bond donors (Lipinski definition) is 1. The zero-order chi connectivity index (χ0) is 18.8. The van der Waals surface area contributed by atoms with Gasteiger partial charge in [0.25, 0.3) is 11.2 Å². The smallest absolute Gasteiger partial charge is 0.330 e. The maximum Gasteiger partial charge on any atom is 0.330 e. The van der Waals surface area contributed by atoms with Crippen molar-refractivity contribution in [2.45, 2.75) is 19.8 Å². The number of aromatic amines is 1. The van der Waals surface area contributed by atoms with Crippen molar-refractivity contribution in [1.29, 1.82) is 0 Å². The second kappa shape index (κ2) is 6.73. The van der Waals surface area contributed by atoms with Gasteiger partial charge in [-0.05, 0) is 13.0 Å². The van der Waals surface area contributed by atoms with Gasteiger partial charge < -0.3 is 19.2 Å². The summed E-state index contributed by atoms with van der Waals surface area (Å²) >= 11 is 0. The van der Waals surface area contributed by atoms with Crippen molar-refractivity contribution < 1.29 is 19.1 Å². The van der Waals surface area contributed by atoms with Crippen molar-refractivity contribution in [2.24, 2.45) is 0 Å². The van der Waals surface area contributed by atoms with Gasteiger partial charge in [-0.3, -0.25) is 14.9 Å². The molecule has 1 aliphatic heterocycles. The molecule has 1 atom stereocenters. The van der Waals surface area contributed by atoms with E-state index in [-0.39, 0.29) is 29.4 Å². The van der Waals surface area contributed by atoms with E-state index in [0.717, 1.165) is 10.8 Å². The third kappa shape index (κ3) is 3.03. The second-order valence-corrected chi connectivity index (χ2v) is 5.34. The van der Waals surface area contributed by atoms with E-state index in [9.17, 15) is 19.7 Å². The van der Waals surface area contributed by atoms with E-state index in [1.54, 1.807) is 6.92 Å². The van der Waals surface area contributed by atoms with Crippen LogP contribution in [0.25, 0.3) is 0 Å². The van der Waals surface area contributed by atoms with Crippen molar-refractivity contribution in [2.75, 3.05) is 6.79 Å². The molecule has 0 aliphatic carbocycles. The molecule has 1 aliphatic rings. The summed E-state index contributed by atoms with van der Waals surface area (Å²) in [5.41, 5.74) is -1.43. The highest BCUT2D eigenvalue weighted by Crippen LogP contribution is 2.40. The van der Waals surface area contributed by atoms with Crippen molar-refractivity contribution in [3.63, 3.8) is 0 Å². The lowest BCUT2D eigenvalue weighted by Crippen LogP contribution is -2.37. The average molecular weight is 359 g/mol. The minimum absolute atomic E-state index is 0.0325. The summed E-state index contributed by atoms with van der Waals surface area (Å²) in [5.74, 6) is 2.77. The Kier molecular flexibility index (Phi) is 4.47. The third-order valence-corrected chi connectivity index (χ3v) is 3.83. The Morgan fingerprint density at radius 1 is 1.42 bits per heavy atom. The highest BCUT2D eigenvalue weighted by atomic mass is 16.7. The molecule has 0 saturated heterocycles. The molecule has 2 aromatic rings. The summed E-state index contributed by atoms with van der Waals surface area (Å²) in [6, 6.07) is 2.69. The molecule has 0 fully saturated rings. The van der Waals surface area contributed by atoms with Crippen LogP contribution in [0.2, 0.25) is 0 Å². The fourth-order valence-corrected chi connectivity index (χ4v) is 2.44. The molecule has 0 bridgehead atoms. The predicted molar refractivity (Wildman–Crippen MR) is 88.0 cm³/mol. The van der Waals surface area contributed by atoms with E-state index in [2.05, 4.69) is 10.9 Å². The summed E-state index contributed by atoms with van der Waals surface area (Å²) in [7, 11) is 0. The molecule has 1 unspecified atom stereocenters. The maximum absolute atomic E-state index is 12.1. The number of nitrogens with one attached hydrogen (secondary N) is 1. The molecule has 1 aromatic carbocycles. The fraction of sp³-hybridized carbons (Fsp3) is 0.250. The van der Waals surface area contributed by atoms with Crippen LogP contribution in [-0.4, -0.2) is 21.3 Å². The van der Waals surface area contributed by atoms with Crippen LogP contribution in [0.3, 0.4) is 0 Å². The van der Waals surface area contributed by atoms with Crippen LogP contribution in [0.5, 0.6) is 11.5 Å². The average Bonchev–Trinajstić information content (AvgIpc) is 3.07. The standard InChI is InChI=1S/C16H13N3O7/c1-3-10-6-17-16(21)18(15(10)20)7-24-9(2)11-4-13-14(26-8-25-13)5-12(11)19(22)23/h1,4-6,9H,7-8H2,2H3,(H,17,21). The largest absolute Gasteiger partial charge is 0.454 e. The van der Waals surface area contributed by atoms with Crippen LogP contribution in [0.4, 0.5) is 5.69 Å². The summed E-state index contributed by atoms with van der Waals surface area (Å²) in [6.45, 7) is 1.08. The van der Waals surface area contributed by atoms with Crippen LogP contribution in [-0.2, 0) is 11.5 Å². The zero-order valence-electron chi connectivity index (χ0n) is 13.6. The van der Waals surface area contributed by atoms with Gasteiger partial charge in [-0.25, -0.2) is 9.36 Å². The first-order chi connectivity index (χ1) is 12.4. The van der Waals surface area contributed by atoms with E-state index >= 15 is 0 Å². The summed E-state index contributed by atoms with van der Waals surface area (Å²) in [4.78, 5) is 36.9. The Bertz CT molecular complexity index is 1030. The van der Waals surface area contributed by atoms with Gasteiger partial charge in [0.1, 0.15) is 12.3 Å². The van der Waals surface area contributed by atoms with Crippen molar-refractivity contribution in [1.82, 2.24) is 9.55 Å². The highest BCUT2D eigenvalue weighted by Gasteiger charge is 2.26. The molecule has 1 aromatic heterocycles. The van der Waals surface area contributed by atoms with Gasteiger partial charge in [0, 0.05) is 6.20 Å². The molecule has 0 saturated carbocycles. The number of ether oxygens (including phenoxy) is 3. The molecule has 26 heavy (non-hydrogen) atoms. The van der Waals surface area contributed by atoms with Crippen LogP contribution in [0, 0.1) is 22.5 Å². The van der Waals surface area contributed by atoms with Gasteiger partial charge in [0.15, 0.2) is 11.5 Å². The molecule has 1 N–H and O–H groups in total. The van der Waals surface area contributed by atoms with Crippen molar-refractivity contribution in [3.8, 4) is 23.8 Å². The Hall–Kier alpha value is -3.58. The second-order valence-electron chi connectivity index (χ2n) is 5.34. The lowest BCUT2D eigenvalue weighted by Gasteiger charge is -2.15. The molecule has 0 spiro atoms. The first-order valence-corrected chi connectivity index (χ1v) is 7.41. The number of fused-ring (bicyclic) bond motifs is 1. The predicted octanol–water partition coefficient (Wildman–Crippen LogP) is 0.890. The van der Waals surface area contributed by atoms with E-state index in [1.165, 1.54) is 12.1 Å². The minimum Gasteiger partial charge on any atom is -0.454 e. The molecule has 0 amide bonds. The van der Waals surface area contributed by atoms with E-state index < -0.39 is 29.0 Å². The number of terminal acetylenes is 1. The van der Waals surface area contributed by atoms with E-state index in [0.29, 0.717) is 5.75 Å². The number of H-pyrrole nitrogens is 1. The number of nitro benzene ring substituents is 1. The quantitative estimate of drug-likeness (QED) is 0.477. The SMILES string of the molecule is C#Cc1c[nH]c(=O)n(COC(C)c2cc3c(cc2[N+](=O)[O-])OCO3)c1=O. The zero-order valence-corrected chi connectivity index (χ0v) is 13.6. The molecular weight excluding hydrogens is 346 g/mol. The molecule has 134 valence electrons. The Balaban J connectivity index is 1.89. The minimum atomic E-state index is -0.814. The number of benzene rings is 1. The van der Waals surface area contributed by atoms with E-state index in [4.69, 9.17) is 20.6 Å².